The number of fused-ring (bicyclic) bond motifs is 1. The van der Waals surface area contributed by atoms with Gasteiger partial charge in [0.25, 0.3) is 0 Å². The molecule has 0 unspecified atom stereocenters. The Labute approximate surface area is 162 Å². The van der Waals surface area contributed by atoms with E-state index < -0.39 is 48.3 Å². The van der Waals surface area contributed by atoms with E-state index in [0.717, 1.165) is 30.7 Å². The standard InChI is InChI=1S/C19H15F3O7/c20-19(21,22)18(26)28-10-3-1-8(2-4-10)12(23)7-27-16(24)14-9-5-11-13(6-9)29-17(25)15(11)14/h1-4,9,11,13-15H,5-7H2/t9-,11+,13-,14+,15+/m1/s1. The normalized spacial score (nSPS) is 29.5. The quantitative estimate of drug-likeness (QED) is 0.415. The lowest BCUT2D eigenvalue weighted by Crippen LogP contribution is -2.34. The largest absolute Gasteiger partial charge is 0.491 e. The van der Waals surface area contributed by atoms with Crippen LogP contribution in [0.3, 0.4) is 0 Å². The number of hydrogen-bond acceptors (Lipinski definition) is 7. The van der Waals surface area contributed by atoms with E-state index in [1.165, 1.54) is 0 Å². The van der Waals surface area contributed by atoms with Gasteiger partial charge in [-0.25, -0.2) is 4.79 Å². The highest BCUT2D eigenvalue weighted by molar-refractivity contribution is 5.98. The van der Waals surface area contributed by atoms with Gasteiger partial charge in [0.2, 0.25) is 0 Å². The van der Waals surface area contributed by atoms with Crippen molar-refractivity contribution in [2.75, 3.05) is 6.61 Å². The van der Waals surface area contributed by atoms with Gasteiger partial charge in [0, 0.05) is 11.5 Å². The van der Waals surface area contributed by atoms with Crippen LogP contribution >= 0.6 is 0 Å². The van der Waals surface area contributed by atoms with Crippen LogP contribution in [-0.4, -0.2) is 42.6 Å². The number of rotatable bonds is 5. The average Bonchev–Trinajstić information content (AvgIpc) is 3.28. The molecule has 7 nitrogen and oxygen atoms in total. The van der Waals surface area contributed by atoms with Crippen LogP contribution in [0.5, 0.6) is 5.75 Å². The van der Waals surface area contributed by atoms with Crippen LogP contribution in [0, 0.1) is 23.7 Å². The minimum atomic E-state index is -5.13. The van der Waals surface area contributed by atoms with Crippen LogP contribution in [0.4, 0.5) is 13.2 Å². The molecule has 5 atom stereocenters. The van der Waals surface area contributed by atoms with Crippen molar-refractivity contribution in [3.8, 4) is 5.75 Å². The van der Waals surface area contributed by atoms with Crippen molar-refractivity contribution >= 4 is 23.7 Å². The van der Waals surface area contributed by atoms with Crippen molar-refractivity contribution in [2.24, 2.45) is 23.7 Å². The van der Waals surface area contributed by atoms with Gasteiger partial charge in [0.05, 0.1) is 11.8 Å². The van der Waals surface area contributed by atoms with Crippen LogP contribution in [-0.2, 0) is 23.9 Å². The SMILES string of the molecule is O=C(COC(=O)[C@H]1[C@@H]2C[C@@H]3[C@@H]1C(=O)O[C@@H]3C2)c1ccc(OC(=O)C(F)(F)F)cc1. The van der Waals surface area contributed by atoms with Gasteiger partial charge in [-0.15, -0.1) is 0 Å². The molecule has 154 valence electrons. The molecule has 10 heteroatoms. The maximum Gasteiger partial charge on any atom is 0.491 e. The molecule has 1 heterocycles. The molecular weight excluding hydrogens is 397 g/mol. The van der Waals surface area contributed by atoms with Crippen molar-refractivity contribution in [2.45, 2.75) is 25.1 Å². The summed E-state index contributed by atoms with van der Waals surface area (Å²) in [5.74, 6) is -5.42. The Bertz CT molecular complexity index is 875. The molecule has 2 saturated carbocycles. The topological polar surface area (TPSA) is 96.0 Å². The Kier molecular flexibility index (Phi) is 4.59. The highest BCUT2D eigenvalue weighted by Crippen LogP contribution is 2.57. The monoisotopic (exact) mass is 412 g/mol. The third-order valence-electron chi connectivity index (χ3n) is 5.72. The first kappa shape index (κ1) is 19.4. The predicted molar refractivity (Wildman–Crippen MR) is 86.5 cm³/mol. The van der Waals surface area contributed by atoms with Crippen molar-refractivity contribution < 1.29 is 46.6 Å². The van der Waals surface area contributed by atoms with Crippen molar-refractivity contribution in [1.29, 1.82) is 0 Å². The summed E-state index contributed by atoms with van der Waals surface area (Å²) in [5, 5.41) is 0. The average molecular weight is 412 g/mol. The summed E-state index contributed by atoms with van der Waals surface area (Å²) in [5.41, 5.74) is 0.0675. The van der Waals surface area contributed by atoms with E-state index >= 15 is 0 Å². The zero-order valence-electron chi connectivity index (χ0n) is 14.8. The van der Waals surface area contributed by atoms with Crippen LogP contribution in [0.25, 0.3) is 0 Å². The number of carbonyl (C=O) groups excluding carboxylic acids is 4. The molecule has 1 aliphatic heterocycles. The minimum absolute atomic E-state index is 0.00616. The van der Waals surface area contributed by atoms with Crippen LogP contribution in [0.15, 0.2) is 24.3 Å². The number of benzene rings is 1. The molecule has 0 spiro atoms. The maximum absolute atomic E-state index is 12.4. The highest BCUT2D eigenvalue weighted by Gasteiger charge is 2.64. The Morgan fingerprint density at radius 3 is 2.45 bits per heavy atom. The molecule has 0 amide bonds. The number of carbonyl (C=O) groups is 4. The van der Waals surface area contributed by atoms with E-state index in [9.17, 15) is 32.3 Å². The molecule has 0 radical (unpaired) electrons. The van der Waals surface area contributed by atoms with Crippen LogP contribution in [0.2, 0.25) is 0 Å². The summed E-state index contributed by atoms with van der Waals surface area (Å²) in [4.78, 5) is 47.3. The molecule has 1 saturated heterocycles. The molecule has 3 aliphatic rings. The molecule has 0 aromatic heterocycles. The van der Waals surface area contributed by atoms with E-state index in [2.05, 4.69) is 4.74 Å². The number of hydrogen-bond donors (Lipinski definition) is 0. The number of Topliss-reactive ketones (excluding diaryl/α,β-unsaturated/α-hetero) is 1. The van der Waals surface area contributed by atoms with Gasteiger partial charge < -0.3 is 14.2 Å². The summed E-state index contributed by atoms with van der Waals surface area (Å²) in [6.07, 6.45) is -3.90. The van der Waals surface area contributed by atoms with E-state index in [0.29, 0.717) is 6.42 Å². The fraction of sp³-hybridized carbons (Fsp3) is 0.474. The van der Waals surface area contributed by atoms with Crippen molar-refractivity contribution in [1.82, 2.24) is 0 Å². The number of ether oxygens (including phenoxy) is 3. The van der Waals surface area contributed by atoms with Gasteiger partial charge in [-0.05, 0) is 43.0 Å². The summed E-state index contributed by atoms with van der Waals surface area (Å²) in [6.45, 7) is -0.570. The number of halogens is 3. The van der Waals surface area contributed by atoms with Crippen molar-refractivity contribution in [3.63, 3.8) is 0 Å². The first-order valence-electron chi connectivity index (χ1n) is 8.94. The Morgan fingerprint density at radius 1 is 1.10 bits per heavy atom. The van der Waals surface area contributed by atoms with Crippen LogP contribution < -0.4 is 4.74 Å². The van der Waals surface area contributed by atoms with Gasteiger partial charge in [0.1, 0.15) is 11.9 Å². The third-order valence-corrected chi connectivity index (χ3v) is 5.72. The van der Waals surface area contributed by atoms with Crippen LogP contribution in [0.1, 0.15) is 23.2 Å². The first-order valence-corrected chi connectivity index (χ1v) is 8.94. The lowest BCUT2D eigenvalue weighted by atomic mass is 9.80. The van der Waals surface area contributed by atoms with Gasteiger partial charge in [0.15, 0.2) is 12.4 Å². The van der Waals surface area contributed by atoms with E-state index in [4.69, 9.17) is 9.47 Å². The van der Waals surface area contributed by atoms with E-state index in [1.54, 1.807) is 0 Å². The second-order valence-electron chi connectivity index (χ2n) is 7.36. The fourth-order valence-electron chi connectivity index (χ4n) is 4.52. The first-order chi connectivity index (χ1) is 13.6. The zero-order valence-corrected chi connectivity index (χ0v) is 14.8. The summed E-state index contributed by atoms with van der Waals surface area (Å²) >= 11 is 0. The maximum atomic E-state index is 12.4. The van der Waals surface area contributed by atoms with Gasteiger partial charge in [-0.3, -0.25) is 14.4 Å². The summed E-state index contributed by atoms with van der Waals surface area (Å²) in [6, 6.07) is 4.38. The minimum Gasteiger partial charge on any atom is -0.462 e. The summed E-state index contributed by atoms with van der Waals surface area (Å²) < 4.78 is 51.0. The Hall–Kier alpha value is -2.91. The lowest BCUT2D eigenvalue weighted by molar-refractivity contribution is -0.189. The van der Waals surface area contributed by atoms with Gasteiger partial charge in [-0.1, -0.05) is 0 Å². The van der Waals surface area contributed by atoms with E-state index in [1.807, 2.05) is 0 Å². The second kappa shape index (κ2) is 6.85. The van der Waals surface area contributed by atoms with Crippen molar-refractivity contribution in [3.05, 3.63) is 29.8 Å². The zero-order chi connectivity index (χ0) is 20.9. The molecule has 1 aromatic rings. The highest BCUT2D eigenvalue weighted by atomic mass is 19.4. The molecular formula is C19H15F3O7. The number of ketones is 1. The molecule has 4 rings (SSSR count). The van der Waals surface area contributed by atoms with Gasteiger partial charge in [-0.2, -0.15) is 13.2 Å². The Balaban J connectivity index is 1.32. The smallest absolute Gasteiger partial charge is 0.462 e. The lowest BCUT2D eigenvalue weighted by Gasteiger charge is -2.22. The molecule has 2 bridgehead atoms. The number of esters is 3. The molecule has 0 N–H and O–H groups in total. The van der Waals surface area contributed by atoms with Gasteiger partial charge >= 0.3 is 24.1 Å². The van der Waals surface area contributed by atoms with E-state index in [-0.39, 0.29) is 29.3 Å². The summed E-state index contributed by atoms with van der Waals surface area (Å²) in [7, 11) is 0. The third kappa shape index (κ3) is 3.47. The fourth-order valence-corrected chi connectivity index (χ4v) is 4.52. The molecule has 3 fully saturated rings. The second-order valence-corrected chi connectivity index (χ2v) is 7.36. The number of alkyl halides is 3. The molecule has 2 aliphatic carbocycles. The Morgan fingerprint density at radius 2 is 1.79 bits per heavy atom. The predicted octanol–water partition coefficient (Wildman–Crippen LogP) is 2.08. The molecule has 1 aromatic carbocycles. The molecule has 29 heavy (non-hydrogen) atoms.